The SMILES string of the molecule is CN1CCN=C(/C=C/c2cc([N+](=O)[O-])ccc2Oc2cccc3ccccc23)c2ccccc21.Cl. The van der Waals surface area contributed by atoms with Crippen molar-refractivity contribution in [2.75, 3.05) is 25.0 Å². The standard InChI is InChI=1S/C28H23N3O3.ClH/c1-30-18-17-29-25(24-10-4-5-11-26(24)30)15-13-21-19-22(31(32)33)14-16-27(21)34-28-12-6-8-20-7-2-3-9-23(20)28;/h2-16,19H,17-18H2,1H3;1H/b15-13+;. The maximum absolute atomic E-state index is 11.5. The van der Waals surface area contributed by atoms with Gasteiger partial charge in [0.1, 0.15) is 11.5 Å². The molecule has 0 amide bonds. The van der Waals surface area contributed by atoms with Crippen LogP contribution in [0.25, 0.3) is 16.8 Å². The van der Waals surface area contributed by atoms with Crippen LogP contribution in [0, 0.1) is 10.1 Å². The van der Waals surface area contributed by atoms with Crippen molar-refractivity contribution in [3.05, 3.63) is 112 Å². The van der Waals surface area contributed by atoms with Gasteiger partial charge in [-0.3, -0.25) is 15.1 Å². The molecule has 0 saturated carbocycles. The first kappa shape index (κ1) is 24.0. The number of fused-ring (bicyclic) bond motifs is 2. The highest BCUT2D eigenvalue weighted by atomic mass is 35.5. The average molecular weight is 486 g/mol. The van der Waals surface area contributed by atoms with E-state index in [4.69, 9.17) is 9.73 Å². The molecule has 0 N–H and O–H groups in total. The van der Waals surface area contributed by atoms with E-state index in [1.807, 2.05) is 72.8 Å². The van der Waals surface area contributed by atoms with Gasteiger partial charge in [0.25, 0.3) is 5.69 Å². The van der Waals surface area contributed by atoms with Crippen LogP contribution in [-0.2, 0) is 0 Å². The number of para-hydroxylation sites is 1. The van der Waals surface area contributed by atoms with Crippen LogP contribution < -0.4 is 9.64 Å². The highest BCUT2D eigenvalue weighted by Crippen LogP contribution is 2.34. The highest BCUT2D eigenvalue weighted by molar-refractivity contribution is 6.14. The van der Waals surface area contributed by atoms with E-state index in [1.54, 1.807) is 6.07 Å². The number of non-ortho nitro benzene ring substituents is 1. The number of ether oxygens (including phenoxy) is 1. The Labute approximate surface area is 209 Å². The average Bonchev–Trinajstić information content (AvgIpc) is 3.02. The van der Waals surface area contributed by atoms with Crippen molar-refractivity contribution in [3.8, 4) is 11.5 Å². The fourth-order valence-corrected chi connectivity index (χ4v) is 4.14. The van der Waals surface area contributed by atoms with Crippen LogP contribution >= 0.6 is 12.4 Å². The molecule has 176 valence electrons. The minimum absolute atomic E-state index is 0. The first-order valence-corrected chi connectivity index (χ1v) is 11.1. The number of nitro groups is 1. The molecule has 35 heavy (non-hydrogen) atoms. The summed E-state index contributed by atoms with van der Waals surface area (Å²) in [6.07, 6.45) is 3.75. The lowest BCUT2D eigenvalue weighted by Crippen LogP contribution is -2.20. The van der Waals surface area contributed by atoms with Gasteiger partial charge in [-0.25, -0.2) is 0 Å². The van der Waals surface area contributed by atoms with Gasteiger partial charge in [-0.1, -0.05) is 54.6 Å². The molecular weight excluding hydrogens is 462 g/mol. The first-order valence-electron chi connectivity index (χ1n) is 11.1. The highest BCUT2D eigenvalue weighted by Gasteiger charge is 2.15. The number of benzodiazepines with no additional fused rings is 1. The molecule has 0 radical (unpaired) electrons. The summed E-state index contributed by atoms with van der Waals surface area (Å²) >= 11 is 0. The number of likely N-dealkylation sites (N-methyl/N-ethyl adjacent to an activating group) is 1. The quantitative estimate of drug-likeness (QED) is 0.227. The fourth-order valence-electron chi connectivity index (χ4n) is 4.14. The third-order valence-corrected chi connectivity index (χ3v) is 5.90. The molecule has 0 fully saturated rings. The zero-order valence-corrected chi connectivity index (χ0v) is 19.9. The van der Waals surface area contributed by atoms with Crippen molar-refractivity contribution in [1.29, 1.82) is 0 Å². The Morgan fingerprint density at radius 3 is 2.57 bits per heavy atom. The maximum Gasteiger partial charge on any atom is 0.270 e. The van der Waals surface area contributed by atoms with Crippen LogP contribution in [0.15, 0.2) is 96.0 Å². The van der Waals surface area contributed by atoms with E-state index in [0.29, 0.717) is 23.6 Å². The Morgan fingerprint density at radius 1 is 0.943 bits per heavy atom. The second-order valence-electron chi connectivity index (χ2n) is 8.10. The second kappa shape index (κ2) is 10.4. The van der Waals surface area contributed by atoms with Crippen molar-refractivity contribution >= 4 is 46.3 Å². The predicted molar refractivity (Wildman–Crippen MR) is 145 cm³/mol. The predicted octanol–water partition coefficient (Wildman–Crippen LogP) is 6.91. The summed E-state index contributed by atoms with van der Waals surface area (Å²) in [7, 11) is 2.05. The molecule has 0 aromatic heterocycles. The number of anilines is 1. The molecule has 5 rings (SSSR count). The fraction of sp³-hybridized carbons (Fsp3) is 0.107. The molecule has 0 aliphatic carbocycles. The zero-order chi connectivity index (χ0) is 23.5. The van der Waals surface area contributed by atoms with Gasteiger partial charge in [0.2, 0.25) is 0 Å². The third kappa shape index (κ3) is 5.03. The Morgan fingerprint density at radius 2 is 1.71 bits per heavy atom. The monoisotopic (exact) mass is 485 g/mol. The minimum Gasteiger partial charge on any atom is -0.456 e. The summed E-state index contributed by atoms with van der Waals surface area (Å²) in [6.45, 7) is 1.49. The van der Waals surface area contributed by atoms with Crippen LogP contribution in [0.3, 0.4) is 0 Å². The number of allylic oxidation sites excluding steroid dienone is 1. The number of nitrogens with zero attached hydrogens (tertiary/aromatic N) is 3. The van der Waals surface area contributed by atoms with E-state index in [2.05, 4.69) is 18.0 Å². The summed E-state index contributed by atoms with van der Waals surface area (Å²) in [4.78, 5) is 18.0. The number of rotatable bonds is 5. The maximum atomic E-state index is 11.5. The van der Waals surface area contributed by atoms with E-state index in [0.717, 1.165) is 34.3 Å². The molecule has 1 aliphatic rings. The van der Waals surface area contributed by atoms with Gasteiger partial charge in [-0.05, 0) is 35.7 Å². The number of hydrogen-bond acceptors (Lipinski definition) is 5. The molecule has 1 heterocycles. The van der Waals surface area contributed by atoms with Crippen molar-refractivity contribution in [2.45, 2.75) is 0 Å². The molecule has 0 unspecified atom stereocenters. The van der Waals surface area contributed by atoms with Gasteiger partial charge in [0.05, 0.1) is 17.2 Å². The van der Waals surface area contributed by atoms with E-state index in [9.17, 15) is 10.1 Å². The first-order chi connectivity index (χ1) is 16.6. The van der Waals surface area contributed by atoms with Gasteiger partial charge in [0.15, 0.2) is 0 Å². The largest absolute Gasteiger partial charge is 0.456 e. The molecule has 4 aromatic carbocycles. The summed E-state index contributed by atoms with van der Waals surface area (Å²) < 4.78 is 6.29. The lowest BCUT2D eigenvalue weighted by atomic mass is 10.0. The van der Waals surface area contributed by atoms with Crippen LogP contribution in [0.1, 0.15) is 11.1 Å². The second-order valence-corrected chi connectivity index (χ2v) is 8.10. The Kier molecular flexibility index (Phi) is 7.13. The van der Waals surface area contributed by atoms with Gasteiger partial charge in [-0.15, -0.1) is 12.4 Å². The molecule has 6 nitrogen and oxygen atoms in total. The molecule has 7 heteroatoms. The zero-order valence-electron chi connectivity index (χ0n) is 19.1. The smallest absolute Gasteiger partial charge is 0.270 e. The summed E-state index contributed by atoms with van der Waals surface area (Å²) in [5.41, 5.74) is 3.59. The van der Waals surface area contributed by atoms with Gasteiger partial charge < -0.3 is 9.64 Å². The lowest BCUT2D eigenvalue weighted by Gasteiger charge is -2.18. The van der Waals surface area contributed by atoms with E-state index in [1.165, 1.54) is 12.1 Å². The summed E-state index contributed by atoms with van der Waals surface area (Å²) in [6, 6.07) is 26.6. The van der Waals surface area contributed by atoms with Crippen molar-refractivity contribution in [2.24, 2.45) is 4.99 Å². The number of aliphatic imine (C=N–C) groups is 1. The van der Waals surface area contributed by atoms with Gasteiger partial charge in [0, 0.05) is 47.9 Å². The minimum atomic E-state index is -0.396. The normalized spacial score (nSPS) is 13.1. The van der Waals surface area contributed by atoms with Crippen LogP contribution in [0.5, 0.6) is 11.5 Å². The van der Waals surface area contributed by atoms with Crippen LogP contribution in [-0.4, -0.2) is 30.8 Å². The Balaban J connectivity index is 0.00000289. The summed E-state index contributed by atoms with van der Waals surface area (Å²) in [5, 5.41) is 13.5. The third-order valence-electron chi connectivity index (χ3n) is 5.90. The molecule has 0 saturated heterocycles. The number of hydrogen-bond donors (Lipinski definition) is 0. The van der Waals surface area contributed by atoms with Crippen LogP contribution in [0.4, 0.5) is 11.4 Å². The Bertz CT molecular complexity index is 1440. The molecule has 4 aromatic rings. The number of nitro benzene ring substituents is 1. The molecular formula is C28H24ClN3O3. The Hall–Kier alpha value is -4.16. The van der Waals surface area contributed by atoms with Gasteiger partial charge >= 0.3 is 0 Å². The van der Waals surface area contributed by atoms with Crippen molar-refractivity contribution < 1.29 is 9.66 Å². The van der Waals surface area contributed by atoms with Crippen LogP contribution in [0.2, 0.25) is 0 Å². The van der Waals surface area contributed by atoms with Crippen molar-refractivity contribution in [3.63, 3.8) is 0 Å². The van der Waals surface area contributed by atoms with Crippen molar-refractivity contribution in [1.82, 2.24) is 0 Å². The topological polar surface area (TPSA) is 68.0 Å². The lowest BCUT2D eigenvalue weighted by molar-refractivity contribution is -0.384. The van der Waals surface area contributed by atoms with E-state index < -0.39 is 4.92 Å². The molecule has 1 aliphatic heterocycles. The molecule has 0 atom stereocenters. The molecule has 0 bridgehead atoms. The number of benzene rings is 4. The summed E-state index contributed by atoms with van der Waals surface area (Å²) in [5.74, 6) is 1.23. The van der Waals surface area contributed by atoms with E-state index in [-0.39, 0.29) is 18.1 Å². The molecule has 0 spiro atoms. The van der Waals surface area contributed by atoms with Gasteiger partial charge in [-0.2, -0.15) is 0 Å². The van der Waals surface area contributed by atoms with E-state index >= 15 is 0 Å². The number of halogens is 1.